The molecule has 2 aromatic carbocycles. The molecule has 4 rings (SSSR count). The fourth-order valence-electron chi connectivity index (χ4n) is 3.76. The smallest absolute Gasteiger partial charge is 0.225 e. The summed E-state index contributed by atoms with van der Waals surface area (Å²) in [5, 5.41) is 10.1. The minimum absolute atomic E-state index is 0. The first-order valence-corrected chi connectivity index (χ1v) is 10.4. The van der Waals surface area contributed by atoms with Crippen LogP contribution in [0.15, 0.2) is 41.4 Å². The molecule has 2 aromatic rings. The highest BCUT2D eigenvalue weighted by Gasteiger charge is 2.24. The molecule has 1 amide bonds. The lowest BCUT2D eigenvalue weighted by atomic mass is 9.90. The van der Waals surface area contributed by atoms with E-state index in [0.717, 1.165) is 23.2 Å². The number of fused-ring (bicyclic) bond motifs is 2. The van der Waals surface area contributed by atoms with E-state index in [4.69, 9.17) is 21.1 Å². The summed E-state index contributed by atoms with van der Waals surface area (Å²) < 4.78 is 11.2. The number of ether oxygens (including phenoxy) is 2. The van der Waals surface area contributed by atoms with Gasteiger partial charge in [-0.15, -0.1) is 24.0 Å². The van der Waals surface area contributed by atoms with Crippen LogP contribution < -0.4 is 25.4 Å². The van der Waals surface area contributed by atoms with E-state index in [0.29, 0.717) is 55.2 Å². The lowest BCUT2D eigenvalue weighted by molar-refractivity contribution is -0.116. The number of rotatable bonds is 5. The second-order valence-electron chi connectivity index (χ2n) is 7.27. The van der Waals surface area contributed by atoms with E-state index >= 15 is 0 Å². The third-order valence-corrected chi connectivity index (χ3v) is 5.49. The molecule has 7 nitrogen and oxygen atoms in total. The Morgan fingerprint density at radius 2 is 2.03 bits per heavy atom. The van der Waals surface area contributed by atoms with Gasteiger partial charge in [0.15, 0.2) is 17.5 Å². The van der Waals surface area contributed by atoms with Gasteiger partial charge in [-0.25, -0.2) is 0 Å². The van der Waals surface area contributed by atoms with Crippen molar-refractivity contribution in [3.8, 4) is 11.5 Å². The first-order chi connectivity index (χ1) is 14.6. The Labute approximate surface area is 204 Å². The number of para-hydroxylation sites is 1. The van der Waals surface area contributed by atoms with E-state index in [9.17, 15) is 4.79 Å². The van der Waals surface area contributed by atoms with E-state index < -0.39 is 0 Å². The highest BCUT2D eigenvalue weighted by Crippen LogP contribution is 2.38. The molecule has 0 fully saturated rings. The molecule has 0 saturated heterocycles. The number of nitrogens with zero attached hydrogens (tertiary/aromatic N) is 1. The van der Waals surface area contributed by atoms with Crippen LogP contribution in [0.4, 0.5) is 5.69 Å². The van der Waals surface area contributed by atoms with Crippen LogP contribution in [0, 0.1) is 0 Å². The number of nitrogens with one attached hydrogen (secondary N) is 3. The van der Waals surface area contributed by atoms with Crippen molar-refractivity contribution in [3.05, 3.63) is 52.5 Å². The van der Waals surface area contributed by atoms with Gasteiger partial charge in [-0.2, -0.15) is 0 Å². The summed E-state index contributed by atoms with van der Waals surface area (Å²) in [5.41, 5.74) is 3.09. The lowest BCUT2D eigenvalue weighted by Crippen LogP contribution is -2.41. The molecule has 1 unspecified atom stereocenters. The number of benzene rings is 2. The van der Waals surface area contributed by atoms with Gasteiger partial charge >= 0.3 is 0 Å². The van der Waals surface area contributed by atoms with E-state index in [-0.39, 0.29) is 35.8 Å². The first kappa shape index (κ1) is 23.5. The Morgan fingerprint density at radius 1 is 1.23 bits per heavy atom. The molecular formula is C22H26ClIN4O3. The monoisotopic (exact) mass is 556 g/mol. The second kappa shape index (κ2) is 10.9. The molecule has 0 bridgehead atoms. The molecule has 2 heterocycles. The van der Waals surface area contributed by atoms with Gasteiger partial charge in [0.05, 0.1) is 5.02 Å². The van der Waals surface area contributed by atoms with Gasteiger partial charge in [0.2, 0.25) is 5.91 Å². The topological polar surface area (TPSA) is 84.0 Å². The zero-order valence-corrected chi connectivity index (χ0v) is 20.3. The summed E-state index contributed by atoms with van der Waals surface area (Å²) in [4.78, 5) is 16.3. The fraction of sp³-hybridized carbons (Fsp3) is 0.364. The Kier molecular flexibility index (Phi) is 8.25. The predicted octanol–water partition coefficient (Wildman–Crippen LogP) is 3.56. The number of hydrogen-bond donors (Lipinski definition) is 3. The number of carbonyl (C=O) groups is 1. The molecule has 9 heteroatoms. The molecule has 2 aliphatic heterocycles. The summed E-state index contributed by atoms with van der Waals surface area (Å²) in [7, 11) is 1.73. The van der Waals surface area contributed by atoms with Crippen LogP contribution in [0.2, 0.25) is 5.02 Å². The number of halogens is 2. The molecule has 3 N–H and O–H groups in total. The van der Waals surface area contributed by atoms with Gasteiger partial charge < -0.3 is 25.4 Å². The van der Waals surface area contributed by atoms with Gasteiger partial charge in [-0.1, -0.05) is 29.8 Å². The molecule has 0 radical (unpaired) electrons. The third-order valence-electron chi connectivity index (χ3n) is 5.21. The van der Waals surface area contributed by atoms with Crippen LogP contribution in [0.3, 0.4) is 0 Å². The molecule has 0 aromatic heterocycles. The second-order valence-corrected chi connectivity index (χ2v) is 7.68. The molecule has 166 valence electrons. The van der Waals surface area contributed by atoms with Crippen molar-refractivity contribution in [2.75, 3.05) is 38.7 Å². The van der Waals surface area contributed by atoms with E-state index in [2.05, 4.69) is 27.0 Å². The Bertz CT molecular complexity index is 970. The van der Waals surface area contributed by atoms with Crippen LogP contribution in [0.25, 0.3) is 0 Å². The lowest BCUT2D eigenvalue weighted by Gasteiger charge is -2.26. The van der Waals surface area contributed by atoms with Crippen molar-refractivity contribution in [1.82, 2.24) is 10.6 Å². The SMILES string of the molecule is CN=C(NCCc1cc(Cl)c2c(c1)OCCO2)NCC1CC(=O)Nc2ccccc21.I. The van der Waals surface area contributed by atoms with Gasteiger partial charge in [0, 0.05) is 38.2 Å². The van der Waals surface area contributed by atoms with Crippen molar-refractivity contribution in [1.29, 1.82) is 0 Å². The maximum atomic E-state index is 12.0. The summed E-state index contributed by atoms with van der Waals surface area (Å²) in [6, 6.07) is 11.8. The summed E-state index contributed by atoms with van der Waals surface area (Å²) in [5.74, 6) is 2.15. The van der Waals surface area contributed by atoms with E-state index in [1.807, 2.05) is 30.3 Å². The number of guanidine groups is 1. The van der Waals surface area contributed by atoms with Crippen LogP contribution in [-0.4, -0.2) is 45.2 Å². The van der Waals surface area contributed by atoms with Crippen LogP contribution in [-0.2, 0) is 11.2 Å². The molecule has 0 spiro atoms. The van der Waals surface area contributed by atoms with Gasteiger partial charge in [0.25, 0.3) is 0 Å². The van der Waals surface area contributed by atoms with Gasteiger partial charge in [-0.3, -0.25) is 9.79 Å². The molecule has 0 aliphatic carbocycles. The summed E-state index contributed by atoms with van der Waals surface area (Å²) in [6.07, 6.45) is 1.21. The highest BCUT2D eigenvalue weighted by molar-refractivity contribution is 14.0. The van der Waals surface area contributed by atoms with Crippen molar-refractivity contribution in [2.24, 2.45) is 4.99 Å². The Morgan fingerprint density at radius 3 is 2.87 bits per heavy atom. The number of anilines is 1. The van der Waals surface area contributed by atoms with Crippen LogP contribution >= 0.6 is 35.6 Å². The Hall–Kier alpha value is -2.20. The highest BCUT2D eigenvalue weighted by atomic mass is 127. The predicted molar refractivity (Wildman–Crippen MR) is 133 cm³/mol. The van der Waals surface area contributed by atoms with Crippen LogP contribution in [0.1, 0.15) is 23.5 Å². The van der Waals surface area contributed by atoms with Crippen LogP contribution in [0.5, 0.6) is 11.5 Å². The van der Waals surface area contributed by atoms with Crippen molar-refractivity contribution < 1.29 is 14.3 Å². The zero-order valence-electron chi connectivity index (χ0n) is 17.2. The summed E-state index contributed by atoms with van der Waals surface area (Å²) in [6.45, 7) is 2.35. The first-order valence-electron chi connectivity index (χ1n) is 10.1. The molecule has 1 atom stereocenters. The zero-order chi connectivity index (χ0) is 20.9. The molecule has 0 saturated carbocycles. The average Bonchev–Trinajstić information content (AvgIpc) is 2.76. The van der Waals surface area contributed by atoms with E-state index in [1.54, 1.807) is 7.05 Å². The average molecular weight is 557 g/mol. The molecular weight excluding hydrogens is 531 g/mol. The molecule has 31 heavy (non-hydrogen) atoms. The third kappa shape index (κ3) is 5.74. The van der Waals surface area contributed by atoms with Gasteiger partial charge in [-0.05, 0) is 35.7 Å². The van der Waals surface area contributed by atoms with Crippen molar-refractivity contribution >= 4 is 53.1 Å². The number of aliphatic imine (C=N–C) groups is 1. The Balaban J connectivity index is 0.00000272. The maximum absolute atomic E-state index is 12.0. The maximum Gasteiger partial charge on any atom is 0.225 e. The van der Waals surface area contributed by atoms with Crippen molar-refractivity contribution in [2.45, 2.75) is 18.8 Å². The number of amides is 1. The minimum Gasteiger partial charge on any atom is -0.486 e. The van der Waals surface area contributed by atoms with Crippen molar-refractivity contribution in [3.63, 3.8) is 0 Å². The fourth-order valence-corrected chi connectivity index (χ4v) is 4.05. The molecule has 2 aliphatic rings. The standard InChI is InChI=1S/C22H25ClN4O3.HI/c1-24-22(26-13-15-12-20(28)27-18-5-3-2-4-16(15)18)25-7-6-14-10-17(23)21-19(11-14)29-8-9-30-21;/h2-5,10-11,15H,6-9,12-13H2,1H3,(H,27,28)(H2,24,25,26);1H. The quantitative estimate of drug-likeness (QED) is 0.298. The normalized spacial score (nSPS) is 17.2. The largest absolute Gasteiger partial charge is 0.486 e. The van der Waals surface area contributed by atoms with E-state index in [1.165, 1.54) is 0 Å². The minimum atomic E-state index is 0. The number of hydrogen-bond acceptors (Lipinski definition) is 4. The number of carbonyl (C=O) groups excluding carboxylic acids is 1. The van der Waals surface area contributed by atoms with Gasteiger partial charge in [0.1, 0.15) is 13.2 Å². The summed E-state index contributed by atoms with van der Waals surface area (Å²) >= 11 is 6.31.